The molecular formula is C11H19N3S. The normalized spacial score (nSPS) is 21.0. The van der Waals surface area contributed by atoms with Gasteiger partial charge in [0.1, 0.15) is 0 Å². The topological polar surface area (TPSA) is 43.8 Å². The molecule has 2 rings (SSSR count). The van der Waals surface area contributed by atoms with Crippen molar-refractivity contribution in [3.8, 4) is 0 Å². The van der Waals surface area contributed by atoms with Crippen molar-refractivity contribution in [2.45, 2.75) is 43.5 Å². The average molecular weight is 225 g/mol. The fourth-order valence-corrected chi connectivity index (χ4v) is 3.12. The van der Waals surface area contributed by atoms with Crippen LogP contribution in [0.1, 0.15) is 37.9 Å². The zero-order valence-corrected chi connectivity index (χ0v) is 10.3. The van der Waals surface area contributed by atoms with E-state index in [1.54, 1.807) is 0 Å². The minimum Gasteiger partial charge on any atom is -0.332 e. The third kappa shape index (κ3) is 2.06. The zero-order valence-electron chi connectivity index (χ0n) is 9.44. The van der Waals surface area contributed by atoms with E-state index in [4.69, 9.17) is 5.73 Å². The van der Waals surface area contributed by atoms with Crippen LogP contribution in [-0.4, -0.2) is 20.6 Å². The molecule has 1 aliphatic rings. The predicted molar refractivity (Wildman–Crippen MR) is 64.9 cm³/mol. The number of hydrogen-bond donors (Lipinski definition) is 1. The van der Waals surface area contributed by atoms with Gasteiger partial charge in [0.05, 0.1) is 12.0 Å². The van der Waals surface area contributed by atoms with E-state index in [0.717, 1.165) is 12.2 Å². The van der Waals surface area contributed by atoms with Gasteiger partial charge in [-0.25, -0.2) is 4.98 Å². The van der Waals surface area contributed by atoms with Gasteiger partial charge in [-0.2, -0.15) is 11.8 Å². The van der Waals surface area contributed by atoms with Crippen LogP contribution in [0.5, 0.6) is 0 Å². The van der Waals surface area contributed by atoms with Gasteiger partial charge in [-0.05, 0) is 26.0 Å². The fraction of sp³-hybridized carbons (Fsp3) is 0.727. The summed E-state index contributed by atoms with van der Waals surface area (Å²) in [6.07, 6.45) is 10.0. The van der Waals surface area contributed by atoms with Crippen molar-refractivity contribution < 1.29 is 0 Å². The second-order valence-electron chi connectivity index (χ2n) is 4.48. The molecule has 4 heteroatoms. The van der Waals surface area contributed by atoms with Crippen molar-refractivity contribution >= 4 is 11.8 Å². The quantitative estimate of drug-likeness (QED) is 0.854. The van der Waals surface area contributed by atoms with Gasteiger partial charge in [0.15, 0.2) is 0 Å². The van der Waals surface area contributed by atoms with E-state index in [1.165, 1.54) is 19.3 Å². The smallest absolute Gasteiger partial charge is 0.0949 e. The highest BCUT2D eigenvalue weighted by Gasteiger charge is 2.36. The molecule has 1 aromatic rings. The molecule has 0 amide bonds. The molecule has 1 aromatic heterocycles. The van der Waals surface area contributed by atoms with Gasteiger partial charge in [-0.15, -0.1) is 0 Å². The second-order valence-corrected chi connectivity index (χ2v) is 5.75. The highest BCUT2D eigenvalue weighted by Crippen LogP contribution is 2.44. The lowest BCUT2D eigenvalue weighted by Crippen LogP contribution is -2.38. The number of imidazole rings is 1. The van der Waals surface area contributed by atoms with Crippen LogP contribution in [0.15, 0.2) is 12.5 Å². The number of nitrogens with zero attached hydrogens (tertiary/aromatic N) is 2. The maximum atomic E-state index is 5.91. The van der Waals surface area contributed by atoms with Crippen LogP contribution >= 0.6 is 11.8 Å². The summed E-state index contributed by atoms with van der Waals surface area (Å²) in [6, 6.07) is 0.0754. The van der Waals surface area contributed by atoms with E-state index in [-0.39, 0.29) is 6.04 Å². The molecule has 1 saturated carbocycles. The van der Waals surface area contributed by atoms with E-state index in [2.05, 4.69) is 15.8 Å². The molecule has 1 heterocycles. The molecule has 0 unspecified atom stereocenters. The van der Waals surface area contributed by atoms with Gasteiger partial charge < -0.3 is 10.3 Å². The van der Waals surface area contributed by atoms with E-state index in [0.29, 0.717) is 4.75 Å². The summed E-state index contributed by atoms with van der Waals surface area (Å²) >= 11 is 1.99. The lowest BCUT2D eigenvalue weighted by atomic mass is 9.84. The highest BCUT2D eigenvalue weighted by molar-refractivity contribution is 8.00. The van der Waals surface area contributed by atoms with Crippen molar-refractivity contribution in [2.24, 2.45) is 5.73 Å². The fourth-order valence-electron chi connectivity index (χ4n) is 2.15. The van der Waals surface area contributed by atoms with Crippen LogP contribution in [0.25, 0.3) is 0 Å². The summed E-state index contributed by atoms with van der Waals surface area (Å²) in [7, 11) is 0. The molecule has 1 fully saturated rings. The Morgan fingerprint density at radius 3 is 2.87 bits per heavy atom. The molecule has 1 aliphatic carbocycles. The highest BCUT2D eigenvalue weighted by atomic mass is 32.2. The first kappa shape index (κ1) is 11.0. The van der Waals surface area contributed by atoms with Gasteiger partial charge >= 0.3 is 0 Å². The number of rotatable bonds is 4. The SMILES string of the molecule is CSC1(Cn2cncc2[C@H](C)N)CCC1. The Kier molecular flexibility index (Phi) is 3.07. The molecule has 2 N–H and O–H groups in total. The minimum absolute atomic E-state index is 0.0754. The molecule has 3 nitrogen and oxygen atoms in total. The Morgan fingerprint density at radius 2 is 2.40 bits per heavy atom. The second kappa shape index (κ2) is 4.18. The standard InChI is InChI=1S/C11H19N3S/c1-9(12)10-6-13-8-14(10)7-11(15-2)4-3-5-11/h6,8-9H,3-5,7,12H2,1-2H3/t9-/m0/s1. The van der Waals surface area contributed by atoms with Crippen LogP contribution in [-0.2, 0) is 6.54 Å². The Bertz CT molecular complexity index is 323. The number of thioether (sulfide) groups is 1. The van der Waals surface area contributed by atoms with Crippen LogP contribution in [0.2, 0.25) is 0 Å². The Hall–Kier alpha value is -0.480. The van der Waals surface area contributed by atoms with E-state index in [1.807, 2.05) is 31.2 Å². The molecule has 84 valence electrons. The molecule has 1 atom stereocenters. The minimum atomic E-state index is 0.0754. The first-order valence-electron chi connectivity index (χ1n) is 5.48. The summed E-state index contributed by atoms with van der Waals surface area (Å²) in [4.78, 5) is 4.19. The van der Waals surface area contributed by atoms with Crippen LogP contribution in [0.4, 0.5) is 0 Å². The molecule has 0 radical (unpaired) electrons. The summed E-state index contributed by atoms with van der Waals surface area (Å²) in [5, 5.41) is 0. The van der Waals surface area contributed by atoms with E-state index >= 15 is 0 Å². The van der Waals surface area contributed by atoms with Gasteiger partial charge in [-0.3, -0.25) is 0 Å². The van der Waals surface area contributed by atoms with Crippen LogP contribution in [0, 0.1) is 0 Å². The van der Waals surface area contributed by atoms with Crippen molar-refractivity contribution in [2.75, 3.05) is 6.26 Å². The lowest BCUT2D eigenvalue weighted by molar-refractivity contribution is 0.317. The largest absolute Gasteiger partial charge is 0.332 e. The molecule has 15 heavy (non-hydrogen) atoms. The molecule has 0 bridgehead atoms. The molecule has 0 spiro atoms. The first-order chi connectivity index (χ1) is 7.17. The van der Waals surface area contributed by atoms with Crippen molar-refractivity contribution in [1.82, 2.24) is 9.55 Å². The van der Waals surface area contributed by atoms with Crippen molar-refractivity contribution in [3.63, 3.8) is 0 Å². The van der Waals surface area contributed by atoms with Crippen LogP contribution in [0.3, 0.4) is 0 Å². The van der Waals surface area contributed by atoms with E-state index < -0.39 is 0 Å². The summed E-state index contributed by atoms with van der Waals surface area (Å²) in [5.74, 6) is 0. The van der Waals surface area contributed by atoms with E-state index in [9.17, 15) is 0 Å². The third-order valence-corrected chi connectivity index (χ3v) is 4.77. The summed E-state index contributed by atoms with van der Waals surface area (Å²) < 4.78 is 2.67. The van der Waals surface area contributed by atoms with Crippen LogP contribution < -0.4 is 5.73 Å². The first-order valence-corrected chi connectivity index (χ1v) is 6.70. The predicted octanol–water partition coefficient (Wildman–Crippen LogP) is 2.19. The average Bonchev–Trinajstić information content (AvgIpc) is 2.59. The Balaban J connectivity index is 2.13. The van der Waals surface area contributed by atoms with Gasteiger partial charge in [0, 0.05) is 23.5 Å². The maximum Gasteiger partial charge on any atom is 0.0949 e. The molecule has 0 aromatic carbocycles. The number of hydrogen-bond acceptors (Lipinski definition) is 3. The zero-order chi connectivity index (χ0) is 10.9. The van der Waals surface area contributed by atoms with Gasteiger partial charge in [0.25, 0.3) is 0 Å². The molecular weight excluding hydrogens is 206 g/mol. The molecule has 0 aliphatic heterocycles. The monoisotopic (exact) mass is 225 g/mol. The number of aromatic nitrogens is 2. The number of nitrogens with two attached hydrogens (primary N) is 1. The Morgan fingerprint density at radius 1 is 1.67 bits per heavy atom. The summed E-state index contributed by atoms with van der Waals surface area (Å²) in [6.45, 7) is 3.07. The third-order valence-electron chi connectivity index (χ3n) is 3.37. The lowest BCUT2D eigenvalue weighted by Gasteiger charge is -2.41. The van der Waals surface area contributed by atoms with Gasteiger partial charge in [-0.1, -0.05) is 6.42 Å². The summed E-state index contributed by atoms with van der Waals surface area (Å²) in [5.41, 5.74) is 7.06. The molecule has 0 saturated heterocycles. The van der Waals surface area contributed by atoms with Crippen molar-refractivity contribution in [1.29, 1.82) is 0 Å². The maximum absolute atomic E-state index is 5.91. The van der Waals surface area contributed by atoms with Gasteiger partial charge in [0.2, 0.25) is 0 Å². The van der Waals surface area contributed by atoms with Crippen molar-refractivity contribution in [3.05, 3.63) is 18.2 Å². The Labute approximate surface area is 95.4 Å².